The van der Waals surface area contributed by atoms with E-state index >= 15 is 0 Å². The van der Waals surface area contributed by atoms with Gasteiger partial charge in [-0.05, 0) is 56.2 Å². The first-order valence-electron chi connectivity index (χ1n) is 8.80. The van der Waals surface area contributed by atoms with Gasteiger partial charge in [0.05, 0.1) is 12.2 Å². The molecular formula is C18H20F3N3O2S. The summed E-state index contributed by atoms with van der Waals surface area (Å²) in [6.45, 7) is 2.01. The van der Waals surface area contributed by atoms with Crippen LogP contribution in [-0.4, -0.2) is 33.2 Å². The van der Waals surface area contributed by atoms with Gasteiger partial charge in [-0.1, -0.05) is 29.1 Å². The van der Waals surface area contributed by atoms with Crippen LogP contribution < -0.4 is 0 Å². The van der Waals surface area contributed by atoms with Crippen LogP contribution in [0.4, 0.5) is 13.2 Å². The van der Waals surface area contributed by atoms with Crippen LogP contribution in [0, 0.1) is 0 Å². The minimum absolute atomic E-state index is 0.256. The number of ether oxygens (including phenoxy) is 1. The molecule has 1 saturated carbocycles. The standard InChI is InChI=1S/C18H20F3N3O2S/c1-2-26-17(25)15-16(23-24-22-15)27-14-9-5-12(6-10-14)11-3-7-13(8-4-11)18(19,20)21/h3-4,7-8,12,14H,2,5-6,9-10H2,1H3,(H,22,23,24)/t12-,14+. The number of alkyl halides is 3. The molecule has 0 aliphatic heterocycles. The molecule has 0 bridgehead atoms. The molecular weight excluding hydrogens is 379 g/mol. The molecule has 0 spiro atoms. The van der Waals surface area contributed by atoms with Crippen LogP contribution in [0.25, 0.3) is 0 Å². The van der Waals surface area contributed by atoms with Crippen LogP contribution in [0.5, 0.6) is 0 Å². The van der Waals surface area contributed by atoms with Crippen molar-refractivity contribution in [1.82, 2.24) is 15.4 Å². The highest BCUT2D eigenvalue weighted by Gasteiger charge is 2.31. The van der Waals surface area contributed by atoms with Gasteiger partial charge in [-0.3, -0.25) is 5.10 Å². The summed E-state index contributed by atoms with van der Waals surface area (Å²) in [5.74, 6) is -0.214. The number of nitrogens with zero attached hydrogens (tertiary/aromatic N) is 2. The number of aromatic nitrogens is 3. The van der Waals surface area contributed by atoms with E-state index in [1.54, 1.807) is 19.1 Å². The molecule has 1 aliphatic rings. The largest absolute Gasteiger partial charge is 0.461 e. The first-order valence-corrected chi connectivity index (χ1v) is 9.68. The van der Waals surface area contributed by atoms with Gasteiger partial charge in [0.2, 0.25) is 0 Å². The Bertz CT molecular complexity index is 769. The molecule has 0 saturated heterocycles. The predicted octanol–water partition coefficient (Wildman–Crippen LogP) is 4.82. The number of rotatable bonds is 5. The molecule has 1 aromatic carbocycles. The second kappa shape index (κ2) is 8.33. The zero-order valence-corrected chi connectivity index (χ0v) is 15.6. The maximum Gasteiger partial charge on any atom is 0.416 e. The third-order valence-electron chi connectivity index (χ3n) is 4.66. The molecule has 146 valence electrons. The first-order chi connectivity index (χ1) is 12.9. The molecule has 1 aliphatic carbocycles. The second-order valence-corrected chi connectivity index (χ2v) is 7.71. The number of carbonyl (C=O) groups excluding carboxylic acids is 1. The lowest BCUT2D eigenvalue weighted by atomic mass is 9.83. The van der Waals surface area contributed by atoms with E-state index in [2.05, 4.69) is 15.4 Å². The minimum atomic E-state index is -4.30. The summed E-state index contributed by atoms with van der Waals surface area (Å²) in [6, 6.07) is 5.46. The Balaban J connectivity index is 1.57. The Labute approximate surface area is 159 Å². The fourth-order valence-electron chi connectivity index (χ4n) is 3.25. The zero-order chi connectivity index (χ0) is 19.4. The van der Waals surface area contributed by atoms with Crippen molar-refractivity contribution in [3.63, 3.8) is 0 Å². The van der Waals surface area contributed by atoms with E-state index in [0.29, 0.717) is 5.03 Å². The third-order valence-corrected chi connectivity index (χ3v) is 5.97. The van der Waals surface area contributed by atoms with Crippen molar-refractivity contribution >= 4 is 17.7 Å². The Morgan fingerprint density at radius 2 is 1.89 bits per heavy atom. The van der Waals surface area contributed by atoms with Crippen molar-refractivity contribution in [2.24, 2.45) is 0 Å². The number of nitrogens with one attached hydrogen (secondary N) is 1. The lowest BCUT2D eigenvalue weighted by Crippen LogP contribution is -2.16. The topological polar surface area (TPSA) is 67.9 Å². The Kier molecular flexibility index (Phi) is 6.08. The molecule has 5 nitrogen and oxygen atoms in total. The summed E-state index contributed by atoms with van der Waals surface area (Å²) in [5, 5.41) is 11.1. The van der Waals surface area contributed by atoms with Crippen LogP contribution in [0.3, 0.4) is 0 Å². The summed E-state index contributed by atoms with van der Waals surface area (Å²) in [7, 11) is 0. The van der Waals surface area contributed by atoms with Crippen LogP contribution in [0.2, 0.25) is 0 Å². The number of hydrogen-bond acceptors (Lipinski definition) is 5. The number of hydrogen-bond donors (Lipinski definition) is 1. The molecule has 0 atom stereocenters. The summed E-state index contributed by atoms with van der Waals surface area (Å²) in [4.78, 5) is 11.9. The lowest BCUT2D eigenvalue weighted by molar-refractivity contribution is -0.137. The number of halogens is 3. The van der Waals surface area contributed by atoms with Crippen LogP contribution in [0.1, 0.15) is 60.1 Å². The number of aromatic amines is 1. The smallest absolute Gasteiger partial charge is 0.416 e. The second-order valence-electron chi connectivity index (χ2n) is 6.42. The van der Waals surface area contributed by atoms with Gasteiger partial charge in [-0.15, -0.1) is 5.10 Å². The third kappa shape index (κ3) is 4.82. The average Bonchev–Trinajstić information content (AvgIpc) is 3.10. The molecule has 3 rings (SSSR count). The van der Waals surface area contributed by atoms with Gasteiger partial charge < -0.3 is 4.74 Å². The Morgan fingerprint density at radius 1 is 1.22 bits per heavy atom. The van der Waals surface area contributed by atoms with Crippen molar-refractivity contribution in [2.75, 3.05) is 6.61 Å². The van der Waals surface area contributed by atoms with Crippen molar-refractivity contribution in [3.05, 3.63) is 41.1 Å². The van der Waals surface area contributed by atoms with Gasteiger partial charge in [-0.25, -0.2) is 4.79 Å². The van der Waals surface area contributed by atoms with Crippen LogP contribution in [-0.2, 0) is 10.9 Å². The molecule has 1 heterocycles. The van der Waals surface area contributed by atoms with Gasteiger partial charge >= 0.3 is 12.1 Å². The fourth-order valence-corrected chi connectivity index (χ4v) is 4.41. The van der Waals surface area contributed by atoms with Crippen LogP contribution in [0.15, 0.2) is 29.3 Å². The number of carbonyl (C=O) groups is 1. The maximum atomic E-state index is 12.7. The summed E-state index contributed by atoms with van der Waals surface area (Å²) in [6.07, 6.45) is -0.747. The number of thioether (sulfide) groups is 1. The highest BCUT2D eigenvalue weighted by atomic mass is 32.2. The zero-order valence-electron chi connectivity index (χ0n) is 14.8. The van der Waals surface area contributed by atoms with Crippen molar-refractivity contribution in [1.29, 1.82) is 0 Å². The normalized spacial score (nSPS) is 20.4. The van der Waals surface area contributed by atoms with Gasteiger partial charge in [0, 0.05) is 5.25 Å². The molecule has 2 aromatic rings. The SMILES string of the molecule is CCOC(=O)c1[nH]nnc1S[C@H]1CC[C@@H](c2ccc(C(F)(F)F)cc2)CC1. The highest BCUT2D eigenvalue weighted by Crippen LogP contribution is 2.40. The Morgan fingerprint density at radius 3 is 2.48 bits per heavy atom. The highest BCUT2D eigenvalue weighted by molar-refractivity contribution is 7.99. The fraction of sp³-hybridized carbons (Fsp3) is 0.500. The number of benzene rings is 1. The Hall–Kier alpha value is -2.03. The quantitative estimate of drug-likeness (QED) is 0.730. The molecule has 9 heteroatoms. The van der Waals surface area contributed by atoms with Crippen molar-refractivity contribution < 1.29 is 22.7 Å². The molecule has 1 aromatic heterocycles. The number of H-pyrrole nitrogens is 1. The van der Waals surface area contributed by atoms with E-state index in [-0.39, 0.29) is 23.5 Å². The molecule has 1 fully saturated rings. The van der Waals surface area contributed by atoms with Gasteiger partial charge in [0.25, 0.3) is 0 Å². The van der Waals surface area contributed by atoms with E-state index in [1.807, 2.05) is 0 Å². The van der Waals surface area contributed by atoms with Gasteiger partial charge in [-0.2, -0.15) is 13.2 Å². The van der Waals surface area contributed by atoms with E-state index in [0.717, 1.165) is 43.4 Å². The van der Waals surface area contributed by atoms with Crippen LogP contribution >= 0.6 is 11.8 Å². The summed E-state index contributed by atoms with van der Waals surface area (Å²) in [5.41, 5.74) is 0.597. The molecule has 0 amide bonds. The van der Waals surface area contributed by atoms with Gasteiger partial charge in [0.15, 0.2) is 10.7 Å². The molecule has 0 radical (unpaired) electrons. The van der Waals surface area contributed by atoms with Gasteiger partial charge in [0.1, 0.15) is 0 Å². The average molecular weight is 399 g/mol. The van der Waals surface area contributed by atoms with Crippen molar-refractivity contribution in [2.45, 2.75) is 55.0 Å². The van der Waals surface area contributed by atoms with E-state index < -0.39 is 17.7 Å². The molecule has 0 unspecified atom stereocenters. The predicted molar refractivity (Wildman–Crippen MR) is 94.6 cm³/mol. The summed E-state index contributed by atoms with van der Waals surface area (Å²) < 4.78 is 43.0. The monoisotopic (exact) mass is 399 g/mol. The van der Waals surface area contributed by atoms with E-state index in [9.17, 15) is 18.0 Å². The molecule has 27 heavy (non-hydrogen) atoms. The first kappa shape index (κ1) is 19.7. The maximum absolute atomic E-state index is 12.7. The van der Waals surface area contributed by atoms with E-state index in [4.69, 9.17) is 4.74 Å². The minimum Gasteiger partial charge on any atom is -0.461 e. The van der Waals surface area contributed by atoms with E-state index in [1.165, 1.54) is 11.8 Å². The molecule has 1 N–H and O–H groups in total. The summed E-state index contributed by atoms with van der Waals surface area (Å²) >= 11 is 1.50. The van der Waals surface area contributed by atoms with Crippen molar-refractivity contribution in [3.8, 4) is 0 Å². The lowest BCUT2D eigenvalue weighted by Gasteiger charge is -2.28. The number of esters is 1.